The predicted molar refractivity (Wildman–Crippen MR) is 60.3 cm³/mol. The van der Waals surface area contributed by atoms with Crippen LogP contribution in [0.4, 0.5) is 0 Å². The predicted octanol–water partition coefficient (Wildman–Crippen LogP) is 1.16. The Labute approximate surface area is 101 Å². The van der Waals surface area contributed by atoms with Crippen molar-refractivity contribution in [3.05, 3.63) is 0 Å². The van der Waals surface area contributed by atoms with Crippen LogP contribution in [0, 0.1) is 11.3 Å². The van der Waals surface area contributed by atoms with Gasteiger partial charge in [0.15, 0.2) is 0 Å². The molecule has 0 aromatic carbocycles. The summed E-state index contributed by atoms with van der Waals surface area (Å²) in [5, 5.41) is 0. The van der Waals surface area contributed by atoms with Crippen molar-refractivity contribution in [1.29, 1.82) is 0 Å². The molecule has 5 nitrogen and oxygen atoms in total. The SMILES string of the molecule is COCC1(C(=O)OC)CCC(C(=O)OC)CC1. The minimum absolute atomic E-state index is 0.102. The first-order valence-corrected chi connectivity index (χ1v) is 5.75. The van der Waals surface area contributed by atoms with Crippen LogP contribution < -0.4 is 0 Å². The van der Waals surface area contributed by atoms with Gasteiger partial charge in [0, 0.05) is 7.11 Å². The van der Waals surface area contributed by atoms with Gasteiger partial charge in [0.2, 0.25) is 0 Å². The molecule has 1 rings (SSSR count). The van der Waals surface area contributed by atoms with E-state index >= 15 is 0 Å². The lowest BCUT2D eigenvalue weighted by Gasteiger charge is -2.36. The van der Waals surface area contributed by atoms with Crippen molar-refractivity contribution in [3.8, 4) is 0 Å². The molecule has 0 bridgehead atoms. The van der Waals surface area contributed by atoms with Crippen LogP contribution in [0.1, 0.15) is 25.7 Å². The van der Waals surface area contributed by atoms with E-state index in [0.29, 0.717) is 32.3 Å². The highest BCUT2D eigenvalue weighted by Gasteiger charge is 2.44. The molecular formula is C12H20O5. The second-order valence-corrected chi connectivity index (χ2v) is 4.50. The molecule has 0 saturated heterocycles. The molecule has 0 aromatic heterocycles. The van der Waals surface area contributed by atoms with Gasteiger partial charge in [-0.1, -0.05) is 0 Å². The number of hydrogen-bond donors (Lipinski definition) is 0. The van der Waals surface area contributed by atoms with Crippen LogP contribution in [0.25, 0.3) is 0 Å². The Kier molecular flexibility index (Phi) is 4.93. The molecule has 1 aliphatic carbocycles. The monoisotopic (exact) mass is 244 g/mol. The van der Waals surface area contributed by atoms with E-state index in [-0.39, 0.29) is 17.9 Å². The van der Waals surface area contributed by atoms with E-state index in [9.17, 15) is 9.59 Å². The fraction of sp³-hybridized carbons (Fsp3) is 0.833. The third-order valence-electron chi connectivity index (χ3n) is 3.52. The molecule has 0 atom stereocenters. The van der Waals surface area contributed by atoms with Crippen LogP contribution in [0.2, 0.25) is 0 Å². The lowest BCUT2D eigenvalue weighted by Crippen LogP contribution is -2.41. The molecule has 98 valence electrons. The van der Waals surface area contributed by atoms with Gasteiger partial charge >= 0.3 is 11.9 Å². The summed E-state index contributed by atoms with van der Waals surface area (Å²) in [6.45, 7) is 0.341. The molecule has 1 saturated carbocycles. The second-order valence-electron chi connectivity index (χ2n) is 4.50. The van der Waals surface area contributed by atoms with Crippen LogP contribution in [-0.4, -0.2) is 39.9 Å². The molecule has 5 heteroatoms. The van der Waals surface area contributed by atoms with Gasteiger partial charge in [-0.2, -0.15) is 0 Å². The van der Waals surface area contributed by atoms with Crippen LogP contribution in [0.3, 0.4) is 0 Å². The Hall–Kier alpha value is -1.10. The van der Waals surface area contributed by atoms with Gasteiger partial charge in [0.05, 0.1) is 32.2 Å². The van der Waals surface area contributed by atoms with Crippen molar-refractivity contribution in [1.82, 2.24) is 0 Å². The summed E-state index contributed by atoms with van der Waals surface area (Å²) in [5.74, 6) is -0.543. The number of carbonyl (C=O) groups is 2. The van der Waals surface area contributed by atoms with E-state index in [1.807, 2.05) is 0 Å². The topological polar surface area (TPSA) is 61.8 Å². The first-order valence-electron chi connectivity index (χ1n) is 5.75. The van der Waals surface area contributed by atoms with Crippen molar-refractivity contribution in [2.45, 2.75) is 25.7 Å². The van der Waals surface area contributed by atoms with E-state index < -0.39 is 5.41 Å². The summed E-state index contributed by atoms with van der Waals surface area (Å²) in [7, 11) is 4.34. The highest BCUT2D eigenvalue weighted by Crippen LogP contribution is 2.40. The van der Waals surface area contributed by atoms with Crippen molar-refractivity contribution in [3.63, 3.8) is 0 Å². The normalized spacial score (nSPS) is 28.5. The van der Waals surface area contributed by atoms with Crippen molar-refractivity contribution in [2.24, 2.45) is 11.3 Å². The zero-order valence-electron chi connectivity index (χ0n) is 10.7. The number of hydrogen-bond acceptors (Lipinski definition) is 5. The van der Waals surface area contributed by atoms with Crippen LogP contribution in [-0.2, 0) is 23.8 Å². The van der Waals surface area contributed by atoms with Gasteiger partial charge in [-0.25, -0.2) is 0 Å². The van der Waals surface area contributed by atoms with Gasteiger partial charge in [0.25, 0.3) is 0 Å². The highest BCUT2D eigenvalue weighted by atomic mass is 16.5. The molecule has 1 aliphatic rings. The van der Waals surface area contributed by atoms with E-state index in [1.54, 1.807) is 7.11 Å². The molecule has 0 heterocycles. The van der Waals surface area contributed by atoms with Crippen LogP contribution >= 0.6 is 0 Å². The Balaban J connectivity index is 2.67. The fourth-order valence-electron chi connectivity index (χ4n) is 2.47. The first-order chi connectivity index (χ1) is 8.09. The number of rotatable bonds is 4. The second kappa shape index (κ2) is 6.00. The molecule has 0 unspecified atom stereocenters. The molecule has 1 fully saturated rings. The van der Waals surface area contributed by atoms with Gasteiger partial charge < -0.3 is 14.2 Å². The maximum Gasteiger partial charge on any atom is 0.314 e. The van der Waals surface area contributed by atoms with E-state index in [2.05, 4.69) is 0 Å². The zero-order chi connectivity index (χ0) is 12.9. The zero-order valence-corrected chi connectivity index (χ0v) is 10.7. The van der Waals surface area contributed by atoms with Crippen molar-refractivity contribution >= 4 is 11.9 Å². The van der Waals surface area contributed by atoms with Gasteiger partial charge in [-0.3, -0.25) is 9.59 Å². The molecule has 17 heavy (non-hydrogen) atoms. The standard InChI is InChI=1S/C12H20O5/c1-15-8-12(11(14)17-3)6-4-9(5-7-12)10(13)16-2/h9H,4-8H2,1-3H3. The van der Waals surface area contributed by atoms with Gasteiger partial charge in [-0.15, -0.1) is 0 Å². The molecule has 0 radical (unpaired) electrons. The van der Waals surface area contributed by atoms with E-state index in [4.69, 9.17) is 14.2 Å². The summed E-state index contributed by atoms with van der Waals surface area (Å²) in [6, 6.07) is 0. The summed E-state index contributed by atoms with van der Waals surface area (Å²) in [6.07, 6.45) is 2.50. The van der Waals surface area contributed by atoms with Gasteiger partial charge in [0.1, 0.15) is 0 Å². The molecular weight excluding hydrogens is 224 g/mol. The summed E-state index contributed by atoms with van der Waals surface area (Å²) in [5.41, 5.74) is -0.589. The summed E-state index contributed by atoms with van der Waals surface area (Å²) < 4.78 is 14.7. The molecule has 0 spiro atoms. The minimum atomic E-state index is -0.589. The Morgan fingerprint density at radius 1 is 1.12 bits per heavy atom. The first kappa shape index (κ1) is 14.0. The number of ether oxygens (including phenoxy) is 3. The third-order valence-corrected chi connectivity index (χ3v) is 3.52. The third kappa shape index (κ3) is 2.97. The number of carbonyl (C=O) groups excluding carboxylic acids is 2. The largest absolute Gasteiger partial charge is 0.469 e. The quantitative estimate of drug-likeness (QED) is 0.694. The molecule has 0 aromatic rings. The highest BCUT2D eigenvalue weighted by molar-refractivity contribution is 5.78. The Morgan fingerprint density at radius 2 is 1.71 bits per heavy atom. The van der Waals surface area contributed by atoms with Gasteiger partial charge in [-0.05, 0) is 25.7 Å². The average molecular weight is 244 g/mol. The van der Waals surface area contributed by atoms with E-state index in [1.165, 1.54) is 14.2 Å². The number of methoxy groups -OCH3 is 3. The summed E-state index contributed by atoms with van der Waals surface area (Å²) in [4.78, 5) is 23.2. The Morgan fingerprint density at radius 3 is 2.12 bits per heavy atom. The lowest BCUT2D eigenvalue weighted by molar-refractivity contribution is -0.162. The minimum Gasteiger partial charge on any atom is -0.469 e. The van der Waals surface area contributed by atoms with Crippen LogP contribution in [0.15, 0.2) is 0 Å². The molecule has 0 aliphatic heterocycles. The van der Waals surface area contributed by atoms with Crippen molar-refractivity contribution in [2.75, 3.05) is 27.9 Å². The maximum atomic E-state index is 11.8. The average Bonchev–Trinajstić information content (AvgIpc) is 2.38. The molecule has 0 amide bonds. The number of esters is 2. The fourth-order valence-corrected chi connectivity index (χ4v) is 2.47. The van der Waals surface area contributed by atoms with Crippen molar-refractivity contribution < 1.29 is 23.8 Å². The Bertz CT molecular complexity index is 279. The maximum absolute atomic E-state index is 11.8. The van der Waals surface area contributed by atoms with Crippen LogP contribution in [0.5, 0.6) is 0 Å². The smallest absolute Gasteiger partial charge is 0.314 e. The van der Waals surface area contributed by atoms with E-state index in [0.717, 1.165) is 0 Å². The summed E-state index contributed by atoms with van der Waals surface area (Å²) >= 11 is 0. The molecule has 0 N–H and O–H groups in total. The lowest BCUT2D eigenvalue weighted by atomic mass is 9.71.